The molecule has 0 heterocycles. The third-order valence-corrected chi connectivity index (χ3v) is 4.92. The molecule has 0 radical (unpaired) electrons. The second kappa shape index (κ2) is 8.49. The van der Waals surface area contributed by atoms with Crippen molar-refractivity contribution in [3.63, 3.8) is 0 Å². The fraction of sp³-hybridized carbons (Fsp3) is 0.391. The second-order valence-electron chi connectivity index (χ2n) is 7.49. The number of carbonyl (C=O) groups is 2. The van der Waals surface area contributed by atoms with E-state index in [4.69, 9.17) is 0 Å². The van der Waals surface area contributed by atoms with Gasteiger partial charge in [-0.05, 0) is 68.1 Å². The Kier molecular flexibility index (Phi) is 6.55. The van der Waals surface area contributed by atoms with Crippen LogP contribution in [0.3, 0.4) is 0 Å². The number of amides is 1. The number of nitrogens with one attached hydrogen (secondary N) is 1. The van der Waals surface area contributed by atoms with E-state index in [0.29, 0.717) is 11.3 Å². The first-order chi connectivity index (χ1) is 12.7. The highest BCUT2D eigenvalue weighted by Crippen LogP contribution is 2.23. The maximum absolute atomic E-state index is 12.5. The van der Waals surface area contributed by atoms with Gasteiger partial charge in [-0.2, -0.15) is 0 Å². The summed E-state index contributed by atoms with van der Waals surface area (Å²) >= 11 is 0. The third kappa shape index (κ3) is 5.04. The average Bonchev–Trinajstić information content (AvgIpc) is 2.66. The summed E-state index contributed by atoms with van der Waals surface area (Å²) in [5.74, 6) is -0.0835. The Hall–Kier alpha value is -2.46. The monoisotopic (exact) mass is 367 g/mol. The number of carbonyl (C=O) groups excluding carboxylic acids is 2. The molecule has 2 aromatic rings. The first kappa shape index (κ1) is 20.8. The van der Waals surface area contributed by atoms with Crippen molar-refractivity contribution in [2.45, 2.75) is 53.1 Å². The number of rotatable bonds is 7. The largest absolute Gasteiger partial charge is 0.386 e. The van der Waals surface area contributed by atoms with Crippen molar-refractivity contribution in [2.24, 2.45) is 5.92 Å². The predicted molar refractivity (Wildman–Crippen MR) is 109 cm³/mol. The summed E-state index contributed by atoms with van der Waals surface area (Å²) in [7, 11) is 0. The van der Waals surface area contributed by atoms with Gasteiger partial charge in [-0.3, -0.25) is 9.59 Å². The van der Waals surface area contributed by atoms with E-state index in [-0.39, 0.29) is 17.6 Å². The van der Waals surface area contributed by atoms with Gasteiger partial charge in [-0.1, -0.05) is 32.9 Å². The van der Waals surface area contributed by atoms with Crippen LogP contribution < -0.4 is 5.32 Å². The molecule has 1 atom stereocenters. The van der Waals surface area contributed by atoms with Gasteiger partial charge in [-0.15, -0.1) is 0 Å². The molecule has 0 saturated heterocycles. The maximum atomic E-state index is 12.5. The topological polar surface area (TPSA) is 66.4 Å². The highest BCUT2D eigenvalue weighted by molar-refractivity contribution is 6.05. The summed E-state index contributed by atoms with van der Waals surface area (Å²) in [6.07, 6.45) is 1.53. The van der Waals surface area contributed by atoms with Gasteiger partial charge in [0, 0.05) is 22.7 Å². The standard InChI is InChI=1S/C23H29NO3/c1-6-15(3)21(25)20-13-12-19(14-16(20)7-2)24-22(26)17-8-10-18(11-9-17)23(4,5)27/h8-15,27H,6-7H2,1-5H3,(H,24,26). The Labute approximate surface area is 161 Å². The number of ketones is 1. The van der Waals surface area contributed by atoms with Crippen molar-refractivity contribution >= 4 is 17.4 Å². The van der Waals surface area contributed by atoms with Crippen LogP contribution >= 0.6 is 0 Å². The smallest absolute Gasteiger partial charge is 0.255 e. The zero-order chi connectivity index (χ0) is 20.2. The molecule has 0 aromatic heterocycles. The predicted octanol–water partition coefficient (Wildman–Crippen LogP) is 4.96. The van der Waals surface area contributed by atoms with E-state index in [0.717, 1.165) is 29.5 Å². The van der Waals surface area contributed by atoms with Crippen molar-refractivity contribution in [2.75, 3.05) is 5.32 Å². The molecule has 0 spiro atoms. The Morgan fingerprint density at radius 2 is 1.70 bits per heavy atom. The number of anilines is 1. The van der Waals surface area contributed by atoms with E-state index in [2.05, 4.69) is 5.32 Å². The van der Waals surface area contributed by atoms with E-state index < -0.39 is 5.60 Å². The van der Waals surface area contributed by atoms with Crippen LogP contribution in [-0.4, -0.2) is 16.8 Å². The van der Waals surface area contributed by atoms with Gasteiger partial charge < -0.3 is 10.4 Å². The maximum Gasteiger partial charge on any atom is 0.255 e. The molecule has 0 aliphatic carbocycles. The molecular formula is C23H29NO3. The molecule has 4 nitrogen and oxygen atoms in total. The Morgan fingerprint density at radius 1 is 1.07 bits per heavy atom. The molecule has 27 heavy (non-hydrogen) atoms. The van der Waals surface area contributed by atoms with Gasteiger partial charge in [0.25, 0.3) is 5.91 Å². The Morgan fingerprint density at radius 3 is 2.22 bits per heavy atom. The summed E-state index contributed by atoms with van der Waals surface area (Å²) in [5, 5.41) is 12.9. The molecule has 0 fully saturated rings. The number of hydrogen-bond acceptors (Lipinski definition) is 3. The molecular weight excluding hydrogens is 338 g/mol. The molecule has 0 bridgehead atoms. The molecule has 4 heteroatoms. The minimum atomic E-state index is -0.941. The molecule has 1 amide bonds. The lowest BCUT2D eigenvalue weighted by Gasteiger charge is -2.18. The zero-order valence-corrected chi connectivity index (χ0v) is 16.8. The van der Waals surface area contributed by atoms with E-state index in [9.17, 15) is 14.7 Å². The number of aryl methyl sites for hydroxylation is 1. The summed E-state index contributed by atoms with van der Waals surface area (Å²) in [4.78, 5) is 25.0. The van der Waals surface area contributed by atoms with Crippen LogP contribution in [0, 0.1) is 5.92 Å². The van der Waals surface area contributed by atoms with Crippen LogP contribution in [0.1, 0.15) is 72.9 Å². The second-order valence-corrected chi connectivity index (χ2v) is 7.49. The van der Waals surface area contributed by atoms with Crippen LogP contribution in [0.5, 0.6) is 0 Å². The summed E-state index contributed by atoms with van der Waals surface area (Å²) in [5.41, 5.74) is 2.67. The minimum absolute atomic E-state index is 0.00923. The van der Waals surface area contributed by atoms with Crippen molar-refractivity contribution in [1.29, 1.82) is 0 Å². The number of aliphatic hydroxyl groups is 1. The summed E-state index contributed by atoms with van der Waals surface area (Å²) in [6, 6.07) is 12.4. The van der Waals surface area contributed by atoms with Crippen LogP contribution in [0.4, 0.5) is 5.69 Å². The lowest BCUT2D eigenvalue weighted by molar-refractivity contribution is 0.0784. The van der Waals surface area contributed by atoms with E-state index >= 15 is 0 Å². The lowest BCUT2D eigenvalue weighted by atomic mass is 9.92. The lowest BCUT2D eigenvalue weighted by Crippen LogP contribution is -2.17. The first-order valence-corrected chi connectivity index (χ1v) is 9.48. The molecule has 0 saturated carbocycles. The number of Topliss-reactive ketones (excluding diaryl/α,β-unsaturated/α-hetero) is 1. The molecule has 1 unspecified atom stereocenters. The summed E-state index contributed by atoms with van der Waals surface area (Å²) < 4.78 is 0. The highest BCUT2D eigenvalue weighted by Gasteiger charge is 2.18. The van der Waals surface area contributed by atoms with Crippen molar-refractivity contribution < 1.29 is 14.7 Å². The highest BCUT2D eigenvalue weighted by atomic mass is 16.3. The van der Waals surface area contributed by atoms with Gasteiger partial charge in [0.05, 0.1) is 5.60 Å². The average molecular weight is 367 g/mol. The minimum Gasteiger partial charge on any atom is -0.386 e. The van der Waals surface area contributed by atoms with Gasteiger partial charge in [0.2, 0.25) is 0 Å². The van der Waals surface area contributed by atoms with Gasteiger partial charge in [0.15, 0.2) is 5.78 Å². The van der Waals surface area contributed by atoms with E-state index in [1.807, 2.05) is 26.8 Å². The molecule has 2 N–H and O–H groups in total. The molecule has 2 rings (SSSR count). The van der Waals surface area contributed by atoms with E-state index in [1.165, 1.54) is 0 Å². The Bertz CT molecular complexity index is 817. The van der Waals surface area contributed by atoms with Gasteiger partial charge >= 0.3 is 0 Å². The molecule has 2 aromatic carbocycles. The van der Waals surface area contributed by atoms with Crippen LogP contribution in [0.25, 0.3) is 0 Å². The van der Waals surface area contributed by atoms with Gasteiger partial charge in [-0.25, -0.2) is 0 Å². The fourth-order valence-corrected chi connectivity index (χ4v) is 2.89. The number of hydrogen-bond donors (Lipinski definition) is 2. The normalized spacial score (nSPS) is 12.5. The SMILES string of the molecule is CCc1cc(NC(=O)c2ccc(C(C)(C)O)cc2)ccc1C(=O)C(C)CC. The van der Waals surface area contributed by atoms with Gasteiger partial charge in [0.1, 0.15) is 0 Å². The zero-order valence-electron chi connectivity index (χ0n) is 16.8. The van der Waals surface area contributed by atoms with E-state index in [1.54, 1.807) is 50.2 Å². The van der Waals surface area contributed by atoms with Crippen molar-refractivity contribution in [3.05, 3.63) is 64.7 Å². The first-order valence-electron chi connectivity index (χ1n) is 9.48. The molecule has 0 aliphatic rings. The quantitative estimate of drug-likeness (QED) is 0.680. The fourth-order valence-electron chi connectivity index (χ4n) is 2.89. The van der Waals surface area contributed by atoms with Crippen molar-refractivity contribution in [3.8, 4) is 0 Å². The van der Waals surface area contributed by atoms with Crippen LogP contribution in [0.2, 0.25) is 0 Å². The molecule has 144 valence electrons. The van der Waals surface area contributed by atoms with Crippen LogP contribution in [-0.2, 0) is 12.0 Å². The number of benzene rings is 2. The molecule has 0 aliphatic heterocycles. The summed E-state index contributed by atoms with van der Waals surface area (Å²) in [6.45, 7) is 9.36. The van der Waals surface area contributed by atoms with Crippen LogP contribution in [0.15, 0.2) is 42.5 Å². The van der Waals surface area contributed by atoms with Crippen molar-refractivity contribution in [1.82, 2.24) is 0 Å². The third-order valence-electron chi connectivity index (χ3n) is 4.92. The Balaban J connectivity index is 2.19.